The van der Waals surface area contributed by atoms with Crippen LogP contribution in [-0.2, 0) is 0 Å². The summed E-state index contributed by atoms with van der Waals surface area (Å²) in [6, 6.07) is 0. The molecule has 0 amide bonds. The zero-order valence-corrected chi connectivity index (χ0v) is 11.5. The fourth-order valence-electron chi connectivity index (χ4n) is 4.27. The second kappa shape index (κ2) is 5.00. The summed E-state index contributed by atoms with van der Waals surface area (Å²) in [5, 5.41) is 8.19. The molecule has 3 aliphatic carbocycles. The van der Waals surface area contributed by atoms with Crippen molar-refractivity contribution >= 4 is 23.0 Å². The van der Waals surface area contributed by atoms with Gasteiger partial charge in [0.05, 0.1) is 0 Å². The van der Waals surface area contributed by atoms with Crippen molar-refractivity contribution in [1.29, 1.82) is 0 Å². The van der Waals surface area contributed by atoms with Gasteiger partial charge in [-0.1, -0.05) is 12.5 Å². The van der Waals surface area contributed by atoms with Crippen LogP contribution < -0.4 is 10.7 Å². The Morgan fingerprint density at radius 1 is 1.44 bits per heavy atom. The lowest BCUT2D eigenvalue weighted by Gasteiger charge is -2.25. The predicted molar refractivity (Wildman–Crippen MR) is 78.4 cm³/mol. The fraction of sp³-hybridized carbons (Fsp3) is 0.714. The maximum absolute atomic E-state index is 5.16. The van der Waals surface area contributed by atoms with E-state index in [-0.39, 0.29) is 0 Å². The molecule has 0 radical (unpaired) electrons. The van der Waals surface area contributed by atoms with E-state index in [2.05, 4.69) is 22.4 Å². The van der Waals surface area contributed by atoms with Gasteiger partial charge >= 0.3 is 0 Å². The number of nitrogens with one attached hydrogen (secondary N) is 2. The second-order valence-electron chi connectivity index (χ2n) is 5.78. The van der Waals surface area contributed by atoms with E-state index in [1.165, 1.54) is 37.8 Å². The molecule has 98 valence electrons. The first-order valence-corrected chi connectivity index (χ1v) is 7.41. The molecule has 0 aromatic rings. The Labute approximate surface area is 114 Å². The van der Waals surface area contributed by atoms with Crippen LogP contribution in [0.25, 0.3) is 0 Å². The average Bonchev–Trinajstić information content (AvgIpc) is 3.04. The van der Waals surface area contributed by atoms with Crippen molar-refractivity contribution in [2.75, 3.05) is 6.54 Å². The third kappa shape index (κ3) is 2.07. The molecule has 0 heterocycles. The summed E-state index contributed by atoms with van der Waals surface area (Å²) in [5.41, 5.74) is 4.35. The van der Waals surface area contributed by atoms with Crippen molar-refractivity contribution in [3.63, 3.8) is 0 Å². The Kier molecular flexibility index (Phi) is 3.37. The zero-order chi connectivity index (χ0) is 12.5. The monoisotopic (exact) mass is 263 g/mol. The van der Waals surface area contributed by atoms with Gasteiger partial charge in [0.25, 0.3) is 0 Å². The molecule has 0 aliphatic heterocycles. The lowest BCUT2D eigenvalue weighted by atomic mass is 9.81. The molecule has 4 heteroatoms. The van der Waals surface area contributed by atoms with Gasteiger partial charge in [-0.3, -0.25) is 5.43 Å². The summed E-state index contributed by atoms with van der Waals surface area (Å²) in [6.07, 6.45) is 8.69. The summed E-state index contributed by atoms with van der Waals surface area (Å²) >= 11 is 5.16. The van der Waals surface area contributed by atoms with Gasteiger partial charge in [0, 0.05) is 18.2 Å². The maximum Gasteiger partial charge on any atom is 0.187 e. The van der Waals surface area contributed by atoms with Crippen LogP contribution in [0.3, 0.4) is 0 Å². The SMILES string of the molecule is C=CCNC(=S)N/N=C1\CC2CC1C1CCCC21. The molecular weight excluding hydrogens is 242 g/mol. The van der Waals surface area contributed by atoms with Crippen molar-refractivity contribution in [2.24, 2.45) is 28.8 Å². The van der Waals surface area contributed by atoms with Gasteiger partial charge in [0.15, 0.2) is 5.11 Å². The van der Waals surface area contributed by atoms with Gasteiger partial charge in [0.1, 0.15) is 0 Å². The fourth-order valence-corrected chi connectivity index (χ4v) is 4.40. The Morgan fingerprint density at radius 2 is 2.28 bits per heavy atom. The number of hydrazone groups is 1. The normalized spacial score (nSPS) is 38.8. The van der Waals surface area contributed by atoms with Gasteiger partial charge in [-0.15, -0.1) is 6.58 Å². The highest BCUT2D eigenvalue weighted by molar-refractivity contribution is 7.80. The van der Waals surface area contributed by atoms with E-state index < -0.39 is 0 Å². The number of hydrogen-bond acceptors (Lipinski definition) is 2. The standard InChI is InChI=1S/C14H21N3S/c1-2-6-15-14(18)17-16-13-8-9-7-12(13)11-5-3-4-10(9)11/h2,9-12H,1,3-8H2,(H2,15,17,18)/b16-13+. The molecule has 2 N–H and O–H groups in total. The van der Waals surface area contributed by atoms with E-state index in [0.717, 1.165) is 23.7 Å². The molecule has 0 spiro atoms. The molecule has 3 saturated carbocycles. The van der Waals surface area contributed by atoms with Crippen LogP contribution >= 0.6 is 12.2 Å². The predicted octanol–water partition coefficient (Wildman–Crippen LogP) is 2.45. The van der Waals surface area contributed by atoms with E-state index in [4.69, 9.17) is 12.2 Å². The maximum atomic E-state index is 5.16. The van der Waals surface area contributed by atoms with Crippen LogP contribution in [0.5, 0.6) is 0 Å². The highest BCUT2D eigenvalue weighted by Crippen LogP contribution is 2.57. The molecule has 2 bridgehead atoms. The molecule has 0 aromatic heterocycles. The van der Waals surface area contributed by atoms with Crippen LogP contribution in [0.4, 0.5) is 0 Å². The number of thiocarbonyl (C=S) groups is 1. The molecule has 18 heavy (non-hydrogen) atoms. The molecule has 3 nitrogen and oxygen atoms in total. The summed E-state index contributed by atoms with van der Waals surface area (Å²) in [4.78, 5) is 0. The largest absolute Gasteiger partial charge is 0.358 e. The van der Waals surface area contributed by atoms with Crippen LogP contribution in [0.15, 0.2) is 17.8 Å². The lowest BCUT2D eigenvalue weighted by Crippen LogP contribution is -2.34. The Hall–Kier alpha value is -0.900. The van der Waals surface area contributed by atoms with Gasteiger partial charge in [-0.05, 0) is 55.7 Å². The van der Waals surface area contributed by atoms with Crippen molar-refractivity contribution in [2.45, 2.75) is 32.1 Å². The van der Waals surface area contributed by atoms with Crippen molar-refractivity contribution in [1.82, 2.24) is 10.7 Å². The summed E-state index contributed by atoms with van der Waals surface area (Å²) in [5.74, 6) is 3.61. The van der Waals surface area contributed by atoms with Crippen LogP contribution in [-0.4, -0.2) is 17.4 Å². The number of rotatable bonds is 3. The van der Waals surface area contributed by atoms with Crippen LogP contribution in [0, 0.1) is 23.7 Å². The molecule has 4 atom stereocenters. The van der Waals surface area contributed by atoms with E-state index >= 15 is 0 Å². The Balaban J connectivity index is 1.58. The Morgan fingerprint density at radius 3 is 3.11 bits per heavy atom. The van der Waals surface area contributed by atoms with Crippen molar-refractivity contribution in [3.05, 3.63) is 12.7 Å². The Bertz CT molecular complexity index is 391. The van der Waals surface area contributed by atoms with Crippen molar-refractivity contribution < 1.29 is 0 Å². The van der Waals surface area contributed by atoms with Crippen LogP contribution in [0.2, 0.25) is 0 Å². The molecule has 3 aliphatic rings. The molecule has 0 aromatic carbocycles. The van der Waals surface area contributed by atoms with E-state index in [1.54, 1.807) is 6.08 Å². The first-order valence-electron chi connectivity index (χ1n) is 7.00. The topological polar surface area (TPSA) is 36.4 Å². The quantitative estimate of drug-likeness (QED) is 0.466. The average molecular weight is 263 g/mol. The van der Waals surface area contributed by atoms with Crippen molar-refractivity contribution in [3.8, 4) is 0 Å². The summed E-state index contributed by atoms with van der Waals surface area (Å²) in [7, 11) is 0. The van der Waals surface area contributed by atoms with E-state index in [9.17, 15) is 0 Å². The third-order valence-electron chi connectivity index (χ3n) is 4.91. The molecular formula is C14H21N3S. The third-order valence-corrected chi connectivity index (χ3v) is 5.15. The zero-order valence-electron chi connectivity index (χ0n) is 10.7. The number of hydrogen-bond donors (Lipinski definition) is 2. The highest BCUT2D eigenvalue weighted by Gasteiger charge is 2.52. The van der Waals surface area contributed by atoms with E-state index in [1.807, 2.05) is 0 Å². The summed E-state index contributed by atoms with van der Waals surface area (Å²) < 4.78 is 0. The molecule has 4 unspecified atom stereocenters. The van der Waals surface area contributed by atoms with Gasteiger partial charge in [0.2, 0.25) is 0 Å². The number of fused-ring (bicyclic) bond motifs is 5. The smallest absolute Gasteiger partial charge is 0.187 e. The number of nitrogens with zero attached hydrogens (tertiary/aromatic N) is 1. The second-order valence-corrected chi connectivity index (χ2v) is 6.19. The van der Waals surface area contributed by atoms with Gasteiger partial charge in [-0.2, -0.15) is 5.10 Å². The minimum Gasteiger partial charge on any atom is -0.358 e. The van der Waals surface area contributed by atoms with Gasteiger partial charge < -0.3 is 5.32 Å². The van der Waals surface area contributed by atoms with E-state index in [0.29, 0.717) is 11.7 Å². The minimum absolute atomic E-state index is 0.605. The first-order chi connectivity index (χ1) is 8.79. The first kappa shape index (κ1) is 12.2. The highest BCUT2D eigenvalue weighted by atomic mass is 32.1. The van der Waals surface area contributed by atoms with Gasteiger partial charge in [-0.25, -0.2) is 0 Å². The molecule has 3 rings (SSSR count). The van der Waals surface area contributed by atoms with Crippen LogP contribution in [0.1, 0.15) is 32.1 Å². The molecule has 0 saturated heterocycles. The lowest BCUT2D eigenvalue weighted by molar-refractivity contribution is 0.333. The summed E-state index contributed by atoms with van der Waals surface area (Å²) in [6.45, 7) is 4.34. The minimum atomic E-state index is 0.605. The molecule has 3 fully saturated rings.